The van der Waals surface area contributed by atoms with Crippen LogP contribution >= 0.6 is 11.8 Å². The molecular weight excluding hydrogens is 264 g/mol. The number of carboxylic acid groups (broad SMARTS) is 1. The highest BCUT2D eigenvalue weighted by Gasteiger charge is 2.35. The first kappa shape index (κ1) is 16.1. The van der Waals surface area contributed by atoms with Crippen molar-refractivity contribution in [3.8, 4) is 0 Å². The Morgan fingerprint density at radius 1 is 1.26 bits per heavy atom. The Labute approximate surface area is 119 Å². The predicted octanol–water partition coefficient (Wildman–Crippen LogP) is 2.02. The van der Waals surface area contributed by atoms with E-state index in [0.717, 1.165) is 0 Å². The Balaban J connectivity index is 2.69. The van der Waals surface area contributed by atoms with Gasteiger partial charge >= 0.3 is 12.0 Å². The van der Waals surface area contributed by atoms with Crippen molar-refractivity contribution in [2.24, 2.45) is 5.41 Å². The first-order chi connectivity index (χ1) is 8.61. The Hall–Kier alpha value is -0.910. The molecule has 2 unspecified atom stereocenters. The first-order valence-electron chi connectivity index (χ1n) is 6.55. The van der Waals surface area contributed by atoms with Crippen LogP contribution in [0.3, 0.4) is 0 Å². The molecule has 0 saturated carbocycles. The molecule has 2 amide bonds. The van der Waals surface area contributed by atoms with E-state index in [0.29, 0.717) is 23.6 Å². The standard InChI is InChI=1S/C13H24N2O3S/c1-8-6-15(7-9(2)19-8)12(18)14-10(11(16)17)13(3,4)5/h8-10H,6-7H2,1-5H3,(H,14,18)(H,16,17)/t8?,9?,10-/m0/s1. The van der Waals surface area contributed by atoms with Gasteiger partial charge in [0.05, 0.1) is 0 Å². The second-order valence-corrected chi connectivity index (χ2v) is 8.13. The maximum atomic E-state index is 12.2. The van der Waals surface area contributed by atoms with E-state index < -0.39 is 17.4 Å². The summed E-state index contributed by atoms with van der Waals surface area (Å²) in [5.41, 5.74) is -0.511. The summed E-state index contributed by atoms with van der Waals surface area (Å²) in [6, 6.07) is -1.15. The topological polar surface area (TPSA) is 69.6 Å². The van der Waals surface area contributed by atoms with Crippen LogP contribution in [0.15, 0.2) is 0 Å². The van der Waals surface area contributed by atoms with Gasteiger partial charge in [-0.25, -0.2) is 9.59 Å². The fraction of sp³-hybridized carbons (Fsp3) is 0.846. The maximum absolute atomic E-state index is 12.2. The van der Waals surface area contributed by atoms with Gasteiger partial charge in [-0.2, -0.15) is 11.8 Å². The van der Waals surface area contributed by atoms with Gasteiger partial charge in [-0.1, -0.05) is 34.6 Å². The number of amides is 2. The van der Waals surface area contributed by atoms with E-state index in [1.807, 2.05) is 32.5 Å². The lowest BCUT2D eigenvalue weighted by Gasteiger charge is -2.36. The Morgan fingerprint density at radius 3 is 2.11 bits per heavy atom. The van der Waals surface area contributed by atoms with E-state index in [9.17, 15) is 14.7 Å². The molecule has 1 heterocycles. The van der Waals surface area contributed by atoms with Crippen LogP contribution in [-0.4, -0.2) is 51.6 Å². The molecule has 110 valence electrons. The van der Waals surface area contributed by atoms with E-state index in [2.05, 4.69) is 19.2 Å². The minimum atomic E-state index is -0.992. The fourth-order valence-corrected chi connectivity index (χ4v) is 3.53. The van der Waals surface area contributed by atoms with Crippen LogP contribution in [-0.2, 0) is 4.79 Å². The normalized spacial score (nSPS) is 25.8. The van der Waals surface area contributed by atoms with Gasteiger partial charge < -0.3 is 15.3 Å². The number of thioether (sulfide) groups is 1. The molecule has 1 fully saturated rings. The van der Waals surface area contributed by atoms with Gasteiger partial charge in [0.2, 0.25) is 0 Å². The zero-order valence-electron chi connectivity index (χ0n) is 12.3. The molecule has 0 radical (unpaired) electrons. The molecule has 5 nitrogen and oxygen atoms in total. The highest BCUT2D eigenvalue weighted by molar-refractivity contribution is 8.00. The number of carboxylic acids is 1. The molecule has 1 aliphatic rings. The lowest BCUT2D eigenvalue weighted by atomic mass is 9.87. The minimum absolute atomic E-state index is 0.277. The number of urea groups is 1. The van der Waals surface area contributed by atoms with Crippen LogP contribution in [0.2, 0.25) is 0 Å². The number of hydrogen-bond donors (Lipinski definition) is 2. The van der Waals surface area contributed by atoms with Crippen molar-refractivity contribution in [2.45, 2.75) is 51.2 Å². The molecule has 2 N–H and O–H groups in total. The number of rotatable bonds is 2. The van der Waals surface area contributed by atoms with Gasteiger partial charge in [-0.15, -0.1) is 0 Å². The van der Waals surface area contributed by atoms with Crippen molar-refractivity contribution >= 4 is 23.8 Å². The van der Waals surface area contributed by atoms with Gasteiger partial charge in [0.15, 0.2) is 0 Å². The molecule has 0 spiro atoms. The van der Waals surface area contributed by atoms with Crippen molar-refractivity contribution in [1.29, 1.82) is 0 Å². The van der Waals surface area contributed by atoms with Crippen LogP contribution in [0.5, 0.6) is 0 Å². The average Bonchev–Trinajstić information content (AvgIpc) is 2.21. The van der Waals surface area contributed by atoms with Crippen molar-refractivity contribution < 1.29 is 14.7 Å². The van der Waals surface area contributed by atoms with E-state index in [1.165, 1.54) is 0 Å². The second-order valence-electron chi connectivity index (χ2n) is 6.25. The Bertz CT molecular complexity index is 344. The smallest absolute Gasteiger partial charge is 0.326 e. The van der Waals surface area contributed by atoms with Crippen molar-refractivity contribution in [3.05, 3.63) is 0 Å². The summed E-state index contributed by atoms with van der Waals surface area (Å²) in [7, 11) is 0. The number of carbonyl (C=O) groups is 2. The van der Waals surface area contributed by atoms with Gasteiger partial charge in [-0.05, 0) is 5.41 Å². The predicted molar refractivity (Wildman–Crippen MR) is 77.5 cm³/mol. The molecule has 3 atom stereocenters. The third-order valence-electron chi connectivity index (χ3n) is 3.09. The third kappa shape index (κ3) is 4.60. The summed E-state index contributed by atoms with van der Waals surface area (Å²) in [5.74, 6) is -0.992. The number of aliphatic carboxylic acids is 1. The molecule has 1 rings (SSSR count). The summed E-state index contributed by atoms with van der Waals surface area (Å²) in [5, 5.41) is 12.6. The van der Waals surface area contributed by atoms with Gasteiger partial charge in [-0.3, -0.25) is 0 Å². The Kier molecular flexibility index (Phi) is 5.12. The molecule has 6 heteroatoms. The average molecular weight is 288 g/mol. The van der Waals surface area contributed by atoms with E-state index in [4.69, 9.17) is 0 Å². The van der Waals surface area contributed by atoms with Crippen LogP contribution in [0, 0.1) is 5.41 Å². The molecule has 0 aromatic rings. The molecule has 0 aliphatic carbocycles. The van der Waals surface area contributed by atoms with Crippen LogP contribution in [0.25, 0.3) is 0 Å². The molecule has 0 bridgehead atoms. The van der Waals surface area contributed by atoms with Crippen LogP contribution in [0.4, 0.5) is 4.79 Å². The van der Waals surface area contributed by atoms with E-state index in [1.54, 1.807) is 4.90 Å². The number of nitrogens with zero attached hydrogens (tertiary/aromatic N) is 1. The van der Waals surface area contributed by atoms with Gasteiger partial charge in [0, 0.05) is 23.6 Å². The first-order valence-corrected chi connectivity index (χ1v) is 7.49. The van der Waals surface area contributed by atoms with Crippen molar-refractivity contribution in [1.82, 2.24) is 10.2 Å². The Morgan fingerprint density at radius 2 is 1.74 bits per heavy atom. The number of hydrogen-bond acceptors (Lipinski definition) is 3. The zero-order valence-corrected chi connectivity index (χ0v) is 13.1. The fourth-order valence-electron chi connectivity index (χ4n) is 2.21. The summed E-state index contributed by atoms with van der Waals surface area (Å²) in [4.78, 5) is 25.2. The molecule has 19 heavy (non-hydrogen) atoms. The summed E-state index contributed by atoms with van der Waals surface area (Å²) < 4.78 is 0. The molecule has 1 aliphatic heterocycles. The third-order valence-corrected chi connectivity index (χ3v) is 4.31. The van der Waals surface area contributed by atoms with Crippen LogP contribution < -0.4 is 5.32 Å². The summed E-state index contributed by atoms with van der Waals surface area (Å²) in [6.07, 6.45) is 0. The quantitative estimate of drug-likeness (QED) is 0.815. The second kappa shape index (κ2) is 6.03. The van der Waals surface area contributed by atoms with E-state index >= 15 is 0 Å². The lowest BCUT2D eigenvalue weighted by molar-refractivity contribution is -0.142. The molecule has 1 saturated heterocycles. The number of nitrogens with one attached hydrogen (secondary N) is 1. The van der Waals surface area contributed by atoms with Crippen molar-refractivity contribution in [2.75, 3.05) is 13.1 Å². The SMILES string of the molecule is CC1CN(C(=O)N[C@@H](C(=O)O)C(C)(C)C)CC(C)S1. The highest BCUT2D eigenvalue weighted by atomic mass is 32.2. The zero-order chi connectivity index (χ0) is 14.8. The van der Waals surface area contributed by atoms with Crippen LogP contribution in [0.1, 0.15) is 34.6 Å². The summed E-state index contributed by atoms with van der Waals surface area (Å²) in [6.45, 7) is 10.9. The van der Waals surface area contributed by atoms with Gasteiger partial charge in [0.1, 0.15) is 6.04 Å². The monoisotopic (exact) mass is 288 g/mol. The summed E-state index contributed by atoms with van der Waals surface area (Å²) >= 11 is 1.86. The largest absolute Gasteiger partial charge is 0.480 e. The molecule has 0 aromatic heterocycles. The highest BCUT2D eigenvalue weighted by Crippen LogP contribution is 2.25. The number of carbonyl (C=O) groups excluding carboxylic acids is 1. The lowest BCUT2D eigenvalue weighted by Crippen LogP contribution is -2.56. The molecular formula is C13H24N2O3S. The maximum Gasteiger partial charge on any atom is 0.326 e. The van der Waals surface area contributed by atoms with Crippen molar-refractivity contribution in [3.63, 3.8) is 0 Å². The minimum Gasteiger partial charge on any atom is -0.480 e. The van der Waals surface area contributed by atoms with E-state index in [-0.39, 0.29) is 6.03 Å². The molecule has 0 aromatic carbocycles. The van der Waals surface area contributed by atoms with Gasteiger partial charge in [0.25, 0.3) is 0 Å².